The summed E-state index contributed by atoms with van der Waals surface area (Å²) in [5, 5.41) is 5.30. The first-order valence-electron chi connectivity index (χ1n) is 5.39. The largest absolute Gasteiger partial charge is 0.301 e. The van der Waals surface area contributed by atoms with Crippen molar-refractivity contribution < 1.29 is 4.79 Å². The van der Waals surface area contributed by atoms with Gasteiger partial charge in [-0.25, -0.2) is 0 Å². The molecule has 0 aliphatic carbocycles. The first-order valence-corrected chi connectivity index (χ1v) is 7.04. The van der Waals surface area contributed by atoms with Gasteiger partial charge in [0.05, 0.1) is 11.4 Å². The van der Waals surface area contributed by atoms with Gasteiger partial charge in [-0.1, -0.05) is 0 Å². The van der Waals surface area contributed by atoms with Crippen molar-refractivity contribution in [1.29, 1.82) is 0 Å². The van der Waals surface area contributed by atoms with Crippen molar-refractivity contribution in [3.05, 3.63) is 17.0 Å². The van der Waals surface area contributed by atoms with Gasteiger partial charge >= 0.3 is 0 Å². The maximum atomic E-state index is 11.6. The molecule has 2 aromatic rings. The smallest absolute Gasteiger partial charge is 0.240 e. The number of amides is 1. The monoisotopic (exact) mass is 282 g/mol. The van der Waals surface area contributed by atoms with E-state index in [-0.39, 0.29) is 5.91 Å². The molecule has 0 spiro atoms. The molecule has 0 radical (unpaired) electrons. The normalized spacial score (nSPS) is 10.9. The summed E-state index contributed by atoms with van der Waals surface area (Å²) in [6, 6.07) is 2.03. The van der Waals surface area contributed by atoms with Crippen molar-refractivity contribution in [2.45, 2.75) is 6.92 Å². The minimum absolute atomic E-state index is 0.0781. The number of likely N-dealkylation sites (N-methyl/N-ethyl adjacent to an activating group) is 1. The van der Waals surface area contributed by atoms with Gasteiger partial charge in [-0.15, -0.1) is 11.3 Å². The van der Waals surface area contributed by atoms with Gasteiger partial charge in [0, 0.05) is 11.5 Å². The Morgan fingerprint density at radius 3 is 2.89 bits per heavy atom. The van der Waals surface area contributed by atoms with Crippen LogP contribution in [0.25, 0.3) is 10.7 Å². The number of rotatable bonds is 4. The van der Waals surface area contributed by atoms with Gasteiger partial charge in [0.15, 0.2) is 5.82 Å². The van der Waals surface area contributed by atoms with Gasteiger partial charge in [-0.2, -0.15) is 9.36 Å². The zero-order valence-electron chi connectivity index (χ0n) is 10.4. The Bertz CT molecular complexity index is 547. The number of aromatic nitrogens is 2. The lowest BCUT2D eigenvalue weighted by molar-refractivity contribution is -0.116. The van der Waals surface area contributed by atoms with E-state index >= 15 is 0 Å². The zero-order valence-corrected chi connectivity index (χ0v) is 12.1. The minimum atomic E-state index is -0.0781. The highest BCUT2D eigenvalue weighted by atomic mass is 32.1. The molecule has 0 saturated carbocycles. The maximum Gasteiger partial charge on any atom is 0.240 e. The number of carbonyl (C=O) groups is 1. The van der Waals surface area contributed by atoms with Gasteiger partial charge in [0.1, 0.15) is 0 Å². The summed E-state index contributed by atoms with van der Waals surface area (Å²) in [4.78, 5) is 18.8. The average Bonchev–Trinajstić information content (AvgIpc) is 2.85. The van der Waals surface area contributed by atoms with Gasteiger partial charge in [-0.05, 0) is 38.0 Å². The highest BCUT2D eigenvalue weighted by Gasteiger charge is 2.12. The van der Waals surface area contributed by atoms with Crippen LogP contribution in [-0.4, -0.2) is 40.8 Å². The predicted molar refractivity (Wildman–Crippen MR) is 75.1 cm³/mol. The molecule has 0 atom stereocenters. The van der Waals surface area contributed by atoms with Crippen molar-refractivity contribution >= 4 is 33.9 Å². The predicted octanol–water partition coefficient (Wildman–Crippen LogP) is 2.08. The molecule has 0 aliphatic heterocycles. The molecule has 2 aromatic heterocycles. The number of thiophene rings is 1. The summed E-state index contributed by atoms with van der Waals surface area (Å²) in [5.41, 5.74) is 1.16. The number of anilines is 1. The first-order chi connectivity index (χ1) is 8.56. The molecule has 18 heavy (non-hydrogen) atoms. The number of nitrogens with zero attached hydrogens (tertiary/aromatic N) is 3. The van der Waals surface area contributed by atoms with E-state index in [4.69, 9.17) is 0 Å². The van der Waals surface area contributed by atoms with Crippen LogP contribution in [-0.2, 0) is 4.79 Å². The molecule has 0 saturated heterocycles. The van der Waals surface area contributed by atoms with Crippen LogP contribution < -0.4 is 5.32 Å². The first kappa shape index (κ1) is 13.1. The maximum absolute atomic E-state index is 11.6. The van der Waals surface area contributed by atoms with E-state index in [2.05, 4.69) is 14.7 Å². The van der Waals surface area contributed by atoms with Crippen LogP contribution in [0.2, 0.25) is 0 Å². The van der Waals surface area contributed by atoms with Crippen molar-refractivity contribution in [2.75, 3.05) is 26.0 Å². The third-order valence-corrected chi connectivity index (χ3v) is 3.84. The molecule has 2 heterocycles. The van der Waals surface area contributed by atoms with Gasteiger partial charge in [0.25, 0.3) is 0 Å². The molecular formula is C11H14N4OS2. The number of hydrogen-bond acceptors (Lipinski definition) is 6. The molecule has 2 rings (SSSR count). The minimum Gasteiger partial charge on any atom is -0.301 e. The number of carbonyl (C=O) groups excluding carboxylic acids is 1. The summed E-state index contributed by atoms with van der Waals surface area (Å²) in [6.07, 6.45) is 0. The van der Waals surface area contributed by atoms with Crippen molar-refractivity contribution in [2.24, 2.45) is 0 Å². The van der Waals surface area contributed by atoms with Crippen LogP contribution in [0.5, 0.6) is 0 Å². The van der Waals surface area contributed by atoms with E-state index in [1.807, 2.05) is 32.5 Å². The average molecular weight is 282 g/mol. The second-order valence-electron chi connectivity index (χ2n) is 4.14. The van der Waals surface area contributed by atoms with Gasteiger partial charge in [0.2, 0.25) is 11.0 Å². The molecule has 0 unspecified atom stereocenters. The molecule has 96 valence electrons. The number of aryl methyl sites for hydroxylation is 1. The van der Waals surface area contributed by atoms with E-state index in [9.17, 15) is 4.79 Å². The second kappa shape index (κ2) is 5.55. The van der Waals surface area contributed by atoms with Crippen LogP contribution in [0.3, 0.4) is 0 Å². The molecule has 7 heteroatoms. The van der Waals surface area contributed by atoms with Crippen LogP contribution in [0.4, 0.5) is 5.13 Å². The summed E-state index contributed by atoms with van der Waals surface area (Å²) < 4.78 is 4.26. The van der Waals surface area contributed by atoms with Crippen LogP contribution in [0.1, 0.15) is 5.56 Å². The number of nitrogens with one attached hydrogen (secondary N) is 1. The number of hydrogen-bond donors (Lipinski definition) is 1. The van der Waals surface area contributed by atoms with Crippen LogP contribution in [0, 0.1) is 6.92 Å². The Morgan fingerprint density at radius 2 is 2.28 bits per heavy atom. The highest BCUT2D eigenvalue weighted by molar-refractivity contribution is 7.14. The second-order valence-corrected chi connectivity index (χ2v) is 5.81. The molecule has 1 amide bonds. The Labute approximate surface area is 114 Å². The lowest BCUT2D eigenvalue weighted by Crippen LogP contribution is -2.26. The summed E-state index contributed by atoms with van der Waals surface area (Å²) in [7, 11) is 3.69. The van der Waals surface area contributed by atoms with E-state index in [1.165, 1.54) is 11.5 Å². The molecule has 0 aromatic carbocycles. The SMILES string of the molecule is Cc1ccsc1-c1nsc(NC(=O)CN(C)C)n1. The molecule has 5 nitrogen and oxygen atoms in total. The lowest BCUT2D eigenvalue weighted by atomic mass is 10.3. The topological polar surface area (TPSA) is 58.1 Å². The van der Waals surface area contributed by atoms with E-state index in [0.717, 1.165) is 10.4 Å². The summed E-state index contributed by atoms with van der Waals surface area (Å²) in [6.45, 7) is 2.37. The Balaban J connectivity index is 2.07. The van der Waals surface area contributed by atoms with Crippen LogP contribution >= 0.6 is 22.9 Å². The fourth-order valence-electron chi connectivity index (χ4n) is 1.41. The van der Waals surface area contributed by atoms with E-state index < -0.39 is 0 Å². The van der Waals surface area contributed by atoms with E-state index in [0.29, 0.717) is 17.5 Å². The summed E-state index contributed by atoms with van der Waals surface area (Å²) >= 11 is 2.81. The quantitative estimate of drug-likeness (QED) is 0.932. The molecule has 0 bridgehead atoms. The Kier molecular flexibility index (Phi) is 4.05. The third kappa shape index (κ3) is 3.12. The Hall–Kier alpha value is -1.31. The fourth-order valence-corrected chi connectivity index (χ4v) is 2.92. The zero-order chi connectivity index (χ0) is 13.1. The standard InChI is InChI=1S/C11H14N4OS2/c1-7-4-5-17-9(7)10-13-11(18-14-10)12-8(16)6-15(2)3/h4-5H,6H2,1-3H3,(H,12,13,14,16). The van der Waals surface area contributed by atoms with Crippen LogP contribution in [0.15, 0.2) is 11.4 Å². The summed E-state index contributed by atoms with van der Waals surface area (Å²) in [5.74, 6) is 0.609. The molecule has 1 N–H and O–H groups in total. The van der Waals surface area contributed by atoms with Crippen molar-refractivity contribution in [3.8, 4) is 10.7 Å². The Morgan fingerprint density at radius 1 is 1.50 bits per heavy atom. The highest BCUT2D eigenvalue weighted by Crippen LogP contribution is 2.28. The third-order valence-electron chi connectivity index (χ3n) is 2.20. The fraction of sp³-hybridized carbons (Fsp3) is 0.364. The van der Waals surface area contributed by atoms with Crippen molar-refractivity contribution in [3.63, 3.8) is 0 Å². The molecule has 0 fully saturated rings. The van der Waals surface area contributed by atoms with Gasteiger partial charge < -0.3 is 4.90 Å². The molecular weight excluding hydrogens is 268 g/mol. The van der Waals surface area contributed by atoms with Crippen molar-refractivity contribution in [1.82, 2.24) is 14.3 Å². The lowest BCUT2D eigenvalue weighted by Gasteiger charge is -2.07. The molecule has 0 aliphatic rings. The van der Waals surface area contributed by atoms with Gasteiger partial charge in [-0.3, -0.25) is 10.1 Å². The van der Waals surface area contributed by atoms with E-state index in [1.54, 1.807) is 16.2 Å².